The molecule has 8 nitrogen and oxygen atoms in total. The molecule has 0 heterocycles. The summed E-state index contributed by atoms with van der Waals surface area (Å²) in [6.07, 6.45) is 15.7. The lowest BCUT2D eigenvalue weighted by Crippen LogP contribution is -2.55. The van der Waals surface area contributed by atoms with Gasteiger partial charge in [-0.2, -0.15) is 0 Å². The summed E-state index contributed by atoms with van der Waals surface area (Å²) in [6, 6.07) is -1.82. The van der Waals surface area contributed by atoms with Crippen molar-refractivity contribution in [3.63, 3.8) is 0 Å². The number of phosphoric ester groups is 1. The number of allylic oxidation sites excluding steroid dienone is 1. The van der Waals surface area contributed by atoms with Crippen LogP contribution in [0.2, 0.25) is 0 Å². The summed E-state index contributed by atoms with van der Waals surface area (Å²) in [7, 11) is -5.16. The molecular formula is C18H38NO7P. The second kappa shape index (κ2) is 14.7. The molecule has 0 saturated carbocycles. The number of hydrogen-bond acceptors (Lipinski definition) is 6. The van der Waals surface area contributed by atoms with Crippen molar-refractivity contribution in [2.45, 2.75) is 102 Å². The first-order valence-corrected chi connectivity index (χ1v) is 11.4. The molecule has 0 aromatic heterocycles. The summed E-state index contributed by atoms with van der Waals surface area (Å²) in [5.74, 6) is -3.33. The van der Waals surface area contributed by atoms with Gasteiger partial charge < -0.3 is 30.8 Å². The quantitative estimate of drug-likeness (QED) is 0.0924. The van der Waals surface area contributed by atoms with Gasteiger partial charge >= 0.3 is 13.8 Å². The fourth-order valence-corrected chi connectivity index (χ4v) is 3.21. The number of hydrogen-bond donors (Lipinski definition) is 6. The van der Waals surface area contributed by atoms with Crippen LogP contribution < -0.4 is 5.73 Å². The third kappa shape index (κ3) is 15.3. The fraction of sp³-hybridized carbons (Fsp3) is 0.889. The molecule has 7 N–H and O–H groups in total. The van der Waals surface area contributed by atoms with Crippen molar-refractivity contribution in [3.8, 4) is 0 Å². The van der Waals surface area contributed by atoms with E-state index in [0.29, 0.717) is 6.42 Å². The molecule has 9 heteroatoms. The van der Waals surface area contributed by atoms with E-state index >= 15 is 0 Å². The Labute approximate surface area is 162 Å². The highest BCUT2D eigenvalue weighted by molar-refractivity contribution is 7.46. The summed E-state index contributed by atoms with van der Waals surface area (Å²) in [6.45, 7) is 2.22. The molecule has 0 unspecified atom stereocenters. The van der Waals surface area contributed by atoms with Crippen LogP contribution >= 0.6 is 7.82 Å². The zero-order valence-electron chi connectivity index (χ0n) is 16.4. The summed E-state index contributed by atoms with van der Waals surface area (Å²) in [5, 5.41) is 28.6. The Bertz CT molecular complexity index is 439. The Morgan fingerprint density at radius 3 is 1.85 bits per heavy atom. The van der Waals surface area contributed by atoms with E-state index < -0.39 is 25.9 Å². The second-order valence-corrected chi connectivity index (χ2v) is 8.17. The Morgan fingerprint density at radius 1 is 0.963 bits per heavy atom. The van der Waals surface area contributed by atoms with E-state index in [9.17, 15) is 19.9 Å². The molecule has 0 aliphatic carbocycles. The molecule has 0 aromatic rings. The van der Waals surface area contributed by atoms with E-state index in [0.717, 1.165) is 19.3 Å². The number of unbranched alkanes of at least 4 members (excludes halogenated alkanes) is 11. The van der Waals surface area contributed by atoms with Gasteiger partial charge in [-0.05, 0) is 12.8 Å². The molecule has 0 fully saturated rings. The number of aliphatic hydroxyl groups is 3. The van der Waals surface area contributed by atoms with Gasteiger partial charge in [-0.15, -0.1) is 0 Å². The Morgan fingerprint density at radius 2 is 1.41 bits per heavy atom. The molecule has 0 spiro atoms. The Kier molecular flexibility index (Phi) is 14.5. The molecule has 0 amide bonds. The molecular weight excluding hydrogens is 373 g/mol. The van der Waals surface area contributed by atoms with E-state index in [4.69, 9.17) is 15.5 Å². The van der Waals surface area contributed by atoms with Crippen LogP contribution in [0, 0.1) is 0 Å². The van der Waals surface area contributed by atoms with E-state index in [1.54, 1.807) is 6.08 Å². The highest BCUT2D eigenvalue weighted by atomic mass is 31.2. The van der Waals surface area contributed by atoms with Crippen molar-refractivity contribution >= 4 is 7.82 Å². The first kappa shape index (κ1) is 26.7. The maximum atomic E-state index is 10.7. The van der Waals surface area contributed by atoms with Gasteiger partial charge in [0.15, 0.2) is 0 Å². The highest BCUT2D eigenvalue weighted by Crippen LogP contribution is 2.40. The topological polar surface area (TPSA) is 153 Å². The van der Waals surface area contributed by atoms with Crippen LogP contribution in [-0.4, -0.2) is 43.2 Å². The van der Waals surface area contributed by atoms with Crippen molar-refractivity contribution in [3.05, 3.63) is 12.2 Å². The lowest BCUT2D eigenvalue weighted by molar-refractivity contribution is -0.317. The number of nitrogens with two attached hydrogens (primary N) is 1. The van der Waals surface area contributed by atoms with Crippen molar-refractivity contribution in [2.24, 2.45) is 5.73 Å². The average molecular weight is 411 g/mol. The summed E-state index contributed by atoms with van der Waals surface area (Å²) >= 11 is 0. The van der Waals surface area contributed by atoms with Gasteiger partial charge in [-0.25, -0.2) is 9.09 Å². The van der Waals surface area contributed by atoms with Gasteiger partial charge in [0.05, 0.1) is 6.10 Å². The van der Waals surface area contributed by atoms with Crippen LogP contribution in [0.5, 0.6) is 0 Å². The Balaban J connectivity index is 3.77. The fourth-order valence-electron chi connectivity index (χ4n) is 2.74. The van der Waals surface area contributed by atoms with Crippen LogP contribution in [-0.2, 0) is 9.09 Å². The van der Waals surface area contributed by atoms with Gasteiger partial charge in [-0.1, -0.05) is 83.3 Å². The number of rotatable bonds is 17. The normalized spacial score (nSPS) is 15.4. The maximum Gasteiger partial charge on any atom is 0.474 e. The largest absolute Gasteiger partial charge is 0.474 e. The standard InChI is InChI=1S/C18H38NO7P/c1-2-3-4-5-6-7-8-9-10-11-12-13-14-15-16(20)17(19)18(21,22)26-27(23,24)25/h14-17,20-22H,2-13,19H2,1H3,(H2,23,24,25)/b15-14+/t16-,17-/m1/s1. The summed E-state index contributed by atoms with van der Waals surface area (Å²) in [4.78, 5) is 17.2. The minimum Gasteiger partial charge on any atom is -0.387 e. The minimum atomic E-state index is -5.16. The first-order chi connectivity index (χ1) is 12.6. The summed E-state index contributed by atoms with van der Waals surface area (Å²) in [5.41, 5.74) is 5.38. The molecule has 162 valence electrons. The average Bonchev–Trinajstić information content (AvgIpc) is 2.56. The monoisotopic (exact) mass is 411 g/mol. The van der Waals surface area contributed by atoms with Crippen LogP contribution in [0.1, 0.15) is 84.0 Å². The van der Waals surface area contributed by atoms with Crippen molar-refractivity contribution in [2.75, 3.05) is 0 Å². The van der Waals surface area contributed by atoms with Gasteiger partial charge in [-0.3, -0.25) is 0 Å². The lowest BCUT2D eigenvalue weighted by atomic mass is 10.0. The number of aliphatic hydroxyl groups excluding tert-OH is 1. The molecule has 27 heavy (non-hydrogen) atoms. The maximum absolute atomic E-state index is 10.7. The van der Waals surface area contributed by atoms with Gasteiger partial charge in [0.1, 0.15) is 6.04 Å². The molecule has 0 aliphatic heterocycles. The van der Waals surface area contributed by atoms with Gasteiger partial charge in [0.25, 0.3) is 0 Å². The Hall–Kier alpha value is -0.310. The van der Waals surface area contributed by atoms with Crippen molar-refractivity contribution < 1.29 is 34.2 Å². The molecule has 0 radical (unpaired) electrons. The zero-order chi connectivity index (χ0) is 20.8. The van der Waals surface area contributed by atoms with Crippen LogP contribution in [0.3, 0.4) is 0 Å². The van der Waals surface area contributed by atoms with E-state index in [1.807, 2.05) is 0 Å². The molecule has 0 rings (SSSR count). The third-order valence-corrected chi connectivity index (χ3v) is 4.87. The molecule has 0 bridgehead atoms. The van der Waals surface area contributed by atoms with Crippen LogP contribution in [0.25, 0.3) is 0 Å². The van der Waals surface area contributed by atoms with E-state index in [-0.39, 0.29) is 0 Å². The highest BCUT2D eigenvalue weighted by Gasteiger charge is 2.42. The van der Waals surface area contributed by atoms with Crippen molar-refractivity contribution in [1.82, 2.24) is 0 Å². The van der Waals surface area contributed by atoms with Gasteiger partial charge in [0.2, 0.25) is 0 Å². The molecule has 0 aliphatic rings. The smallest absolute Gasteiger partial charge is 0.387 e. The predicted molar refractivity (Wildman–Crippen MR) is 104 cm³/mol. The third-order valence-electron chi connectivity index (χ3n) is 4.36. The minimum absolute atomic E-state index is 0.698. The van der Waals surface area contributed by atoms with Gasteiger partial charge in [0, 0.05) is 0 Å². The SMILES string of the molecule is CCCCCCCCCCCCC/C=C/[C@@H](O)[C@@H](N)C(O)(O)OP(=O)(O)O. The number of phosphoric acid groups is 1. The summed E-state index contributed by atoms with van der Waals surface area (Å²) < 4.78 is 14.4. The zero-order valence-corrected chi connectivity index (χ0v) is 17.3. The molecule has 0 saturated heterocycles. The van der Waals surface area contributed by atoms with Crippen LogP contribution in [0.4, 0.5) is 0 Å². The van der Waals surface area contributed by atoms with Crippen molar-refractivity contribution in [1.29, 1.82) is 0 Å². The van der Waals surface area contributed by atoms with E-state index in [2.05, 4.69) is 11.4 Å². The van der Waals surface area contributed by atoms with Crippen LogP contribution in [0.15, 0.2) is 12.2 Å². The second-order valence-electron chi connectivity index (χ2n) is 7.01. The molecule has 2 atom stereocenters. The molecule has 0 aromatic carbocycles. The lowest BCUT2D eigenvalue weighted by Gasteiger charge is -2.29. The predicted octanol–water partition coefficient (Wildman–Crippen LogP) is 2.68. The van der Waals surface area contributed by atoms with E-state index in [1.165, 1.54) is 57.4 Å². The first-order valence-electron chi connectivity index (χ1n) is 9.91.